The summed E-state index contributed by atoms with van der Waals surface area (Å²) in [5, 5.41) is 7.77. The summed E-state index contributed by atoms with van der Waals surface area (Å²) < 4.78 is 0. The van der Waals surface area contributed by atoms with E-state index in [9.17, 15) is 0 Å². The Morgan fingerprint density at radius 3 is 2.28 bits per heavy atom. The summed E-state index contributed by atoms with van der Waals surface area (Å²) in [6.45, 7) is 14.4. The van der Waals surface area contributed by atoms with E-state index in [1.807, 2.05) is 80.6 Å². The Labute approximate surface area is 220 Å². The van der Waals surface area contributed by atoms with Crippen molar-refractivity contribution in [2.75, 3.05) is 0 Å². The zero-order chi connectivity index (χ0) is 26.5. The molecule has 0 saturated carbocycles. The Morgan fingerprint density at radius 1 is 1.06 bits per heavy atom. The van der Waals surface area contributed by atoms with Crippen LogP contribution >= 0.6 is 11.6 Å². The second-order valence-electron chi connectivity index (χ2n) is 8.35. The molecule has 0 heterocycles. The van der Waals surface area contributed by atoms with E-state index in [0.29, 0.717) is 16.7 Å². The maximum Gasteiger partial charge on any atom is 0.167 e. The van der Waals surface area contributed by atoms with Gasteiger partial charge in [-0.1, -0.05) is 92.7 Å². The molecular formula is C29H37ClN6. The predicted octanol–water partition coefficient (Wildman–Crippen LogP) is 6.07. The fourth-order valence-electron chi connectivity index (χ4n) is 3.62. The van der Waals surface area contributed by atoms with Crippen molar-refractivity contribution in [1.29, 1.82) is 0 Å². The second kappa shape index (κ2) is 14.7. The van der Waals surface area contributed by atoms with Gasteiger partial charge in [0.05, 0.1) is 11.1 Å². The fraction of sp³-hybridized carbons (Fsp3) is 0.241. The van der Waals surface area contributed by atoms with Crippen LogP contribution < -0.4 is 22.4 Å². The van der Waals surface area contributed by atoms with Gasteiger partial charge in [0.1, 0.15) is 5.84 Å². The summed E-state index contributed by atoms with van der Waals surface area (Å²) in [6, 6.07) is 15.2. The van der Waals surface area contributed by atoms with Crippen LogP contribution in [0.15, 0.2) is 101 Å². The van der Waals surface area contributed by atoms with E-state index in [1.54, 1.807) is 0 Å². The lowest BCUT2D eigenvalue weighted by molar-refractivity contribution is 0.762. The van der Waals surface area contributed by atoms with Gasteiger partial charge in [-0.25, -0.2) is 5.84 Å². The SMILES string of the molecule is C=C/C(=C\C=C(/C)c1ccccc1C(=NN)NN)C(C)N=C(NC(=C)CCCC)c1ccccc1Cl. The maximum absolute atomic E-state index is 6.51. The molecule has 7 heteroatoms. The van der Waals surface area contributed by atoms with Crippen molar-refractivity contribution in [3.63, 3.8) is 0 Å². The van der Waals surface area contributed by atoms with Crippen molar-refractivity contribution in [3.8, 4) is 0 Å². The lowest BCUT2D eigenvalue weighted by Crippen LogP contribution is -2.32. The van der Waals surface area contributed by atoms with Crippen molar-refractivity contribution in [2.24, 2.45) is 21.8 Å². The lowest BCUT2D eigenvalue weighted by atomic mass is 9.98. The molecule has 1 unspecified atom stereocenters. The van der Waals surface area contributed by atoms with Crippen molar-refractivity contribution >= 4 is 28.8 Å². The molecule has 0 aromatic heterocycles. The van der Waals surface area contributed by atoms with Gasteiger partial charge in [0.25, 0.3) is 0 Å². The van der Waals surface area contributed by atoms with Gasteiger partial charge >= 0.3 is 0 Å². The molecule has 36 heavy (non-hydrogen) atoms. The van der Waals surface area contributed by atoms with E-state index in [1.165, 1.54) is 0 Å². The molecule has 2 aromatic carbocycles. The number of hydrazone groups is 1. The third-order valence-electron chi connectivity index (χ3n) is 5.70. The molecule has 2 aromatic rings. The molecule has 0 fully saturated rings. The number of unbranched alkanes of at least 4 members (excludes halogenated alkanes) is 1. The van der Waals surface area contributed by atoms with Crippen LogP contribution in [0.4, 0.5) is 0 Å². The fourth-order valence-corrected chi connectivity index (χ4v) is 3.84. The van der Waals surface area contributed by atoms with Crippen LogP contribution in [-0.4, -0.2) is 17.7 Å². The molecule has 0 radical (unpaired) electrons. The van der Waals surface area contributed by atoms with E-state index >= 15 is 0 Å². The summed E-state index contributed by atoms with van der Waals surface area (Å²) in [4.78, 5) is 4.98. The average Bonchev–Trinajstić information content (AvgIpc) is 2.88. The molecule has 6 nitrogen and oxygen atoms in total. The summed E-state index contributed by atoms with van der Waals surface area (Å²) in [7, 11) is 0. The largest absolute Gasteiger partial charge is 0.344 e. The number of hydrogen-bond donors (Lipinski definition) is 4. The molecule has 6 N–H and O–H groups in total. The second-order valence-corrected chi connectivity index (χ2v) is 8.76. The highest BCUT2D eigenvalue weighted by molar-refractivity contribution is 6.34. The normalized spacial score (nSPS) is 13.8. The molecule has 0 aliphatic heterocycles. The molecule has 1 atom stereocenters. The third-order valence-corrected chi connectivity index (χ3v) is 6.03. The molecule has 0 aliphatic carbocycles. The van der Waals surface area contributed by atoms with E-state index in [2.05, 4.69) is 35.9 Å². The molecular weight excluding hydrogens is 468 g/mol. The van der Waals surface area contributed by atoms with Gasteiger partial charge in [0, 0.05) is 16.8 Å². The number of hydrazine groups is 1. The zero-order valence-electron chi connectivity index (χ0n) is 21.4. The number of nitrogens with one attached hydrogen (secondary N) is 2. The summed E-state index contributed by atoms with van der Waals surface area (Å²) in [5.74, 6) is 12.2. The molecule has 0 aliphatic rings. The number of amidine groups is 2. The number of halogens is 1. The Hall–Kier alpha value is -3.61. The van der Waals surface area contributed by atoms with Gasteiger partial charge in [0.15, 0.2) is 5.84 Å². The van der Waals surface area contributed by atoms with Gasteiger partial charge in [-0.2, -0.15) is 5.10 Å². The first-order valence-electron chi connectivity index (χ1n) is 12.0. The topological polar surface area (TPSA) is 101 Å². The highest BCUT2D eigenvalue weighted by Gasteiger charge is 2.13. The van der Waals surface area contributed by atoms with E-state index < -0.39 is 0 Å². The molecule has 0 bridgehead atoms. The van der Waals surface area contributed by atoms with Crippen LogP contribution in [-0.2, 0) is 0 Å². The highest BCUT2D eigenvalue weighted by atomic mass is 35.5. The lowest BCUT2D eigenvalue weighted by Gasteiger charge is -2.17. The number of nitrogens with two attached hydrogens (primary N) is 2. The number of nitrogens with zero attached hydrogens (tertiary/aromatic N) is 2. The summed E-state index contributed by atoms with van der Waals surface area (Å²) >= 11 is 6.51. The minimum Gasteiger partial charge on any atom is -0.344 e. The van der Waals surface area contributed by atoms with E-state index in [4.69, 9.17) is 28.3 Å². The number of benzene rings is 2. The van der Waals surface area contributed by atoms with Crippen LogP contribution in [0.3, 0.4) is 0 Å². The predicted molar refractivity (Wildman–Crippen MR) is 156 cm³/mol. The minimum absolute atomic E-state index is 0.189. The molecule has 190 valence electrons. The van der Waals surface area contributed by atoms with Crippen LogP contribution in [0.2, 0.25) is 5.02 Å². The zero-order valence-corrected chi connectivity index (χ0v) is 22.1. The summed E-state index contributed by atoms with van der Waals surface area (Å²) in [6.07, 6.45) is 8.86. The Morgan fingerprint density at radius 2 is 1.69 bits per heavy atom. The van der Waals surface area contributed by atoms with Gasteiger partial charge in [-0.15, -0.1) is 0 Å². The van der Waals surface area contributed by atoms with Crippen molar-refractivity contribution in [2.45, 2.75) is 46.1 Å². The van der Waals surface area contributed by atoms with Gasteiger partial charge in [-0.05, 0) is 55.5 Å². The van der Waals surface area contributed by atoms with E-state index in [0.717, 1.165) is 52.8 Å². The standard InChI is InChI=1S/C29H37ClN6/c1-6-8-13-21(4)33-28(26-16-11-12-17-27(26)30)34-22(5)23(7-2)19-18-20(3)24-14-9-10-15-25(24)29(35-31)36-32/h7,9-12,14-19,22H,2,4,6,8,13,31-32H2,1,3,5H3,(H,33,34)(H,35,36)/b20-18+,23-19+. The number of allylic oxidation sites excluding steroid dienone is 4. The first-order valence-corrected chi connectivity index (χ1v) is 12.4. The summed E-state index contributed by atoms with van der Waals surface area (Å²) in [5.41, 5.74) is 8.01. The molecule has 2 rings (SSSR count). The average molecular weight is 505 g/mol. The van der Waals surface area contributed by atoms with Gasteiger partial charge in [-0.3, -0.25) is 4.99 Å². The monoisotopic (exact) mass is 504 g/mol. The first kappa shape index (κ1) is 28.6. The third kappa shape index (κ3) is 7.97. The Balaban J connectivity index is 2.43. The number of hydrogen-bond acceptors (Lipinski definition) is 4. The van der Waals surface area contributed by atoms with Crippen LogP contribution in [0.25, 0.3) is 5.57 Å². The maximum atomic E-state index is 6.51. The van der Waals surface area contributed by atoms with Crippen LogP contribution in [0.1, 0.15) is 56.7 Å². The van der Waals surface area contributed by atoms with Gasteiger partial charge < -0.3 is 16.6 Å². The Bertz CT molecular complexity index is 1180. The molecule has 0 spiro atoms. The van der Waals surface area contributed by atoms with E-state index in [-0.39, 0.29) is 6.04 Å². The van der Waals surface area contributed by atoms with Crippen molar-refractivity contribution in [3.05, 3.63) is 113 Å². The van der Waals surface area contributed by atoms with Crippen molar-refractivity contribution < 1.29 is 0 Å². The van der Waals surface area contributed by atoms with Crippen LogP contribution in [0, 0.1) is 0 Å². The quantitative estimate of drug-likeness (QED) is 0.0980. The highest BCUT2D eigenvalue weighted by Crippen LogP contribution is 2.21. The molecule has 0 amide bonds. The van der Waals surface area contributed by atoms with Crippen LogP contribution in [0.5, 0.6) is 0 Å². The Kier molecular flexibility index (Phi) is 11.7. The number of aliphatic imine (C=N–C) groups is 1. The smallest absolute Gasteiger partial charge is 0.167 e. The number of rotatable bonds is 11. The van der Waals surface area contributed by atoms with Gasteiger partial charge in [0.2, 0.25) is 0 Å². The molecule has 0 saturated heterocycles. The first-order chi connectivity index (χ1) is 17.4. The van der Waals surface area contributed by atoms with Crippen molar-refractivity contribution in [1.82, 2.24) is 10.7 Å². The minimum atomic E-state index is -0.189.